The molecule has 2 aliphatic heterocycles. The number of nitrogens with zero attached hydrogens (tertiary/aromatic N) is 4. The van der Waals surface area contributed by atoms with Crippen molar-refractivity contribution in [1.29, 1.82) is 0 Å². The molecule has 0 bridgehead atoms. The van der Waals surface area contributed by atoms with Crippen LogP contribution in [0.1, 0.15) is 82.6 Å². The molecule has 0 amide bonds. The minimum Gasteiger partial charge on any atom is -0.389 e. The first kappa shape index (κ1) is 20.7. The van der Waals surface area contributed by atoms with Crippen molar-refractivity contribution in [3.8, 4) is 0 Å². The number of aromatic nitrogens is 3. The van der Waals surface area contributed by atoms with Crippen LogP contribution >= 0.6 is 0 Å². The van der Waals surface area contributed by atoms with E-state index in [2.05, 4.69) is 15.6 Å². The number of hydrogen-bond donors (Lipinski definition) is 1. The second-order valence-corrected chi connectivity index (χ2v) is 9.55. The summed E-state index contributed by atoms with van der Waals surface area (Å²) in [5.74, 6) is 0. The average Bonchev–Trinajstić information content (AvgIpc) is 3.38. The van der Waals surface area contributed by atoms with Gasteiger partial charge in [0.15, 0.2) is 5.65 Å². The van der Waals surface area contributed by atoms with Crippen LogP contribution in [0.5, 0.6) is 0 Å². The van der Waals surface area contributed by atoms with E-state index < -0.39 is 0 Å². The van der Waals surface area contributed by atoms with Crippen LogP contribution < -0.4 is 5.32 Å². The number of ether oxygens (including phenoxy) is 1. The van der Waals surface area contributed by atoms with Gasteiger partial charge in [-0.15, -0.1) is 0 Å². The number of aryl methyl sites for hydroxylation is 1. The zero-order valence-electron chi connectivity index (χ0n) is 18.7. The number of oxime groups is 1. The summed E-state index contributed by atoms with van der Waals surface area (Å²) in [6.07, 6.45) is 18.2. The third kappa shape index (κ3) is 4.43. The highest BCUT2D eigenvalue weighted by atomic mass is 16.7. The molecular weight excluding hydrogens is 390 g/mol. The maximum absolute atomic E-state index is 6.23. The van der Waals surface area contributed by atoms with Crippen molar-refractivity contribution in [2.24, 2.45) is 12.2 Å². The fourth-order valence-electron chi connectivity index (χ4n) is 5.35. The normalized spacial score (nSPS) is 22.9. The second kappa shape index (κ2) is 9.15. The molecule has 1 aliphatic carbocycles. The van der Waals surface area contributed by atoms with Crippen LogP contribution in [0.2, 0.25) is 0 Å². The van der Waals surface area contributed by atoms with E-state index in [0.717, 1.165) is 73.3 Å². The fraction of sp³-hybridized carbons (Fsp3) is 0.708. The zero-order valence-corrected chi connectivity index (χ0v) is 18.7. The topological polar surface area (TPSA) is 73.6 Å². The van der Waals surface area contributed by atoms with E-state index in [1.807, 2.05) is 24.1 Å². The van der Waals surface area contributed by atoms with E-state index >= 15 is 0 Å². The van der Waals surface area contributed by atoms with Crippen molar-refractivity contribution in [3.05, 3.63) is 18.0 Å². The lowest BCUT2D eigenvalue weighted by Gasteiger charge is -2.28. The van der Waals surface area contributed by atoms with Gasteiger partial charge in [-0.05, 0) is 38.5 Å². The molecule has 1 spiro atoms. The minimum atomic E-state index is -0.132. The van der Waals surface area contributed by atoms with E-state index in [9.17, 15) is 0 Å². The predicted molar refractivity (Wildman–Crippen MR) is 122 cm³/mol. The standard InChI is InChI=1S/C24H35N5O2/c1-29-23-20(17-26-29)22(27-18-9-13-30-14-10-18)19(16-25-23)21-15-24(31-28-21)11-7-5-3-2-4-6-8-12-24/h16-18H,2-15H2,1H3,(H,25,27). The van der Waals surface area contributed by atoms with Gasteiger partial charge in [0.25, 0.3) is 0 Å². The molecular formula is C24H35N5O2. The molecule has 0 radical (unpaired) electrons. The van der Waals surface area contributed by atoms with Crippen LogP contribution in [0.3, 0.4) is 0 Å². The first-order valence-corrected chi connectivity index (χ1v) is 12.1. The molecule has 2 aromatic rings. The Morgan fingerprint density at radius 1 is 1.00 bits per heavy atom. The molecule has 1 saturated heterocycles. The van der Waals surface area contributed by atoms with E-state index in [1.165, 1.54) is 44.9 Å². The van der Waals surface area contributed by atoms with Crippen LogP contribution in [-0.2, 0) is 16.6 Å². The molecule has 1 N–H and O–H groups in total. The number of anilines is 1. The summed E-state index contributed by atoms with van der Waals surface area (Å²) in [6, 6.07) is 0.392. The third-order valence-electron chi connectivity index (χ3n) is 7.25. The lowest BCUT2D eigenvalue weighted by Crippen LogP contribution is -2.30. The summed E-state index contributed by atoms with van der Waals surface area (Å²) in [5, 5.41) is 14.0. The van der Waals surface area contributed by atoms with Gasteiger partial charge in [0.1, 0.15) is 5.60 Å². The predicted octanol–water partition coefficient (Wildman–Crippen LogP) is 4.95. The van der Waals surface area contributed by atoms with Gasteiger partial charge in [0.2, 0.25) is 0 Å². The lowest BCUT2D eigenvalue weighted by atomic mass is 9.83. The molecule has 0 aromatic carbocycles. The van der Waals surface area contributed by atoms with E-state index in [4.69, 9.17) is 14.6 Å². The SMILES string of the molecule is Cn1ncc2c(NC3CCOCC3)c(C3=NOC4(CCCCCCCCC4)C3)cnc21. The first-order valence-electron chi connectivity index (χ1n) is 12.1. The first-order chi connectivity index (χ1) is 15.2. The highest BCUT2D eigenvalue weighted by Crippen LogP contribution is 2.39. The Morgan fingerprint density at radius 3 is 2.45 bits per heavy atom. The maximum atomic E-state index is 6.23. The molecule has 3 aliphatic rings. The molecule has 0 atom stereocenters. The van der Waals surface area contributed by atoms with Crippen LogP contribution in [0.25, 0.3) is 11.0 Å². The Kier molecular flexibility index (Phi) is 6.12. The molecule has 2 fully saturated rings. The summed E-state index contributed by atoms with van der Waals surface area (Å²) < 4.78 is 7.40. The average molecular weight is 426 g/mol. The van der Waals surface area contributed by atoms with Crippen molar-refractivity contribution in [2.75, 3.05) is 18.5 Å². The lowest BCUT2D eigenvalue weighted by molar-refractivity contribution is -0.0355. The molecule has 1 saturated carbocycles. The Bertz CT molecular complexity index is 921. The van der Waals surface area contributed by atoms with Gasteiger partial charge in [-0.2, -0.15) is 5.10 Å². The van der Waals surface area contributed by atoms with Crippen molar-refractivity contribution in [3.63, 3.8) is 0 Å². The van der Waals surface area contributed by atoms with Gasteiger partial charge in [-0.3, -0.25) is 4.68 Å². The van der Waals surface area contributed by atoms with Gasteiger partial charge in [0.05, 0.1) is 23.0 Å². The summed E-state index contributed by atoms with van der Waals surface area (Å²) in [7, 11) is 1.94. The second-order valence-electron chi connectivity index (χ2n) is 9.55. The monoisotopic (exact) mass is 425 g/mol. The van der Waals surface area contributed by atoms with Crippen molar-refractivity contribution >= 4 is 22.4 Å². The Hall–Kier alpha value is -2.15. The van der Waals surface area contributed by atoms with Gasteiger partial charge >= 0.3 is 0 Å². The Labute approximate surface area is 184 Å². The van der Waals surface area contributed by atoms with E-state index in [-0.39, 0.29) is 5.60 Å². The highest BCUT2D eigenvalue weighted by Gasteiger charge is 2.39. The van der Waals surface area contributed by atoms with Crippen LogP contribution in [0.4, 0.5) is 5.69 Å². The largest absolute Gasteiger partial charge is 0.389 e. The van der Waals surface area contributed by atoms with Gasteiger partial charge < -0.3 is 14.9 Å². The van der Waals surface area contributed by atoms with Crippen LogP contribution in [-0.4, -0.2) is 45.3 Å². The van der Waals surface area contributed by atoms with Crippen LogP contribution in [0.15, 0.2) is 17.5 Å². The molecule has 31 heavy (non-hydrogen) atoms. The van der Waals surface area contributed by atoms with Gasteiger partial charge in [-0.25, -0.2) is 4.98 Å². The Balaban J connectivity index is 1.43. The smallest absolute Gasteiger partial charge is 0.159 e. The van der Waals surface area contributed by atoms with Crippen molar-refractivity contribution < 1.29 is 9.57 Å². The zero-order chi connectivity index (χ0) is 21.1. The number of nitrogens with one attached hydrogen (secondary N) is 1. The van der Waals surface area contributed by atoms with E-state index in [1.54, 1.807) is 0 Å². The fourth-order valence-corrected chi connectivity index (χ4v) is 5.35. The van der Waals surface area contributed by atoms with Crippen molar-refractivity contribution in [1.82, 2.24) is 14.8 Å². The van der Waals surface area contributed by atoms with E-state index in [0.29, 0.717) is 6.04 Å². The third-order valence-corrected chi connectivity index (χ3v) is 7.25. The highest BCUT2D eigenvalue weighted by molar-refractivity contribution is 6.10. The Morgan fingerprint density at radius 2 is 1.71 bits per heavy atom. The molecule has 7 heteroatoms. The number of hydrogen-bond acceptors (Lipinski definition) is 6. The van der Waals surface area contributed by atoms with Gasteiger partial charge in [-0.1, -0.05) is 37.3 Å². The summed E-state index contributed by atoms with van der Waals surface area (Å²) in [6.45, 7) is 1.61. The molecule has 7 nitrogen and oxygen atoms in total. The number of rotatable bonds is 3. The summed E-state index contributed by atoms with van der Waals surface area (Å²) in [4.78, 5) is 11.0. The molecule has 2 aromatic heterocycles. The number of fused-ring (bicyclic) bond motifs is 1. The maximum Gasteiger partial charge on any atom is 0.159 e. The number of pyridine rings is 1. The van der Waals surface area contributed by atoms with Crippen molar-refractivity contribution in [2.45, 2.75) is 88.7 Å². The summed E-state index contributed by atoms with van der Waals surface area (Å²) in [5.41, 5.74) is 3.97. The summed E-state index contributed by atoms with van der Waals surface area (Å²) >= 11 is 0. The van der Waals surface area contributed by atoms with Gasteiger partial charge in [0, 0.05) is 44.5 Å². The molecule has 0 unspecified atom stereocenters. The van der Waals surface area contributed by atoms with Crippen LogP contribution in [0, 0.1) is 0 Å². The molecule has 5 rings (SSSR count). The molecule has 168 valence electrons. The quantitative estimate of drug-likeness (QED) is 0.753. The minimum absolute atomic E-state index is 0.132. The molecule has 4 heterocycles.